The minimum absolute atomic E-state index is 0.0626. The van der Waals surface area contributed by atoms with Crippen molar-refractivity contribution in [2.45, 2.75) is 38.3 Å². The lowest BCUT2D eigenvalue weighted by Gasteiger charge is -2.39. The second kappa shape index (κ2) is 11.6. The summed E-state index contributed by atoms with van der Waals surface area (Å²) in [6.07, 6.45) is 5.23. The monoisotopic (exact) mass is 519 g/mol. The van der Waals surface area contributed by atoms with Gasteiger partial charge < -0.3 is 19.3 Å². The van der Waals surface area contributed by atoms with E-state index in [-0.39, 0.29) is 23.8 Å². The molecular formula is C23H30BrN5O4. The Kier molecular flexibility index (Phi) is 8.33. The van der Waals surface area contributed by atoms with Crippen LogP contribution in [0.3, 0.4) is 0 Å². The number of hydrogen-bond acceptors (Lipinski definition) is 6. The van der Waals surface area contributed by atoms with Crippen LogP contribution in [0.4, 0.5) is 0 Å². The number of rotatable bonds is 8. The number of hydrogen-bond donors (Lipinski definition) is 0. The highest BCUT2D eigenvalue weighted by molar-refractivity contribution is 9.10. The van der Waals surface area contributed by atoms with Crippen LogP contribution in [0.15, 0.2) is 41.4 Å². The Morgan fingerprint density at radius 1 is 1.15 bits per heavy atom. The van der Waals surface area contributed by atoms with Gasteiger partial charge in [-0.3, -0.25) is 14.3 Å². The number of nitrogens with zero attached hydrogens (tertiary/aromatic N) is 5. The van der Waals surface area contributed by atoms with Crippen LogP contribution in [0.5, 0.6) is 5.75 Å². The molecular weight excluding hydrogens is 490 g/mol. The van der Waals surface area contributed by atoms with Crippen molar-refractivity contribution in [3.05, 3.63) is 41.4 Å². The van der Waals surface area contributed by atoms with E-state index in [2.05, 4.69) is 26.0 Å². The SMILES string of the molecule is O=C(C[C@H]1CN(C(=O)CCCn2cncn2)CC[C@@H]1Oc1cccc(Br)c1)N1CCOCC1. The van der Waals surface area contributed by atoms with Crippen LogP contribution < -0.4 is 4.74 Å². The lowest BCUT2D eigenvalue weighted by atomic mass is 9.90. The van der Waals surface area contributed by atoms with Crippen LogP contribution in [-0.2, 0) is 20.9 Å². The Balaban J connectivity index is 1.38. The number of ether oxygens (including phenoxy) is 2. The van der Waals surface area contributed by atoms with Gasteiger partial charge in [0.25, 0.3) is 0 Å². The lowest BCUT2D eigenvalue weighted by molar-refractivity contribution is -0.141. The van der Waals surface area contributed by atoms with Gasteiger partial charge in [0.2, 0.25) is 11.8 Å². The summed E-state index contributed by atoms with van der Waals surface area (Å²) in [6, 6.07) is 7.74. The fourth-order valence-electron chi connectivity index (χ4n) is 4.37. The maximum absolute atomic E-state index is 13.0. The van der Waals surface area contributed by atoms with Crippen LogP contribution in [-0.4, -0.2) is 81.9 Å². The minimum atomic E-state index is -0.122. The van der Waals surface area contributed by atoms with Gasteiger partial charge in [-0.15, -0.1) is 0 Å². The highest BCUT2D eigenvalue weighted by atomic mass is 79.9. The van der Waals surface area contributed by atoms with Gasteiger partial charge in [0.05, 0.1) is 13.2 Å². The van der Waals surface area contributed by atoms with Crippen molar-refractivity contribution in [3.8, 4) is 5.75 Å². The number of benzene rings is 1. The molecule has 0 unspecified atom stereocenters. The average molecular weight is 520 g/mol. The van der Waals surface area contributed by atoms with E-state index in [1.54, 1.807) is 11.0 Å². The Morgan fingerprint density at radius 2 is 2.00 bits per heavy atom. The Labute approximate surface area is 202 Å². The first-order valence-electron chi connectivity index (χ1n) is 11.5. The molecule has 0 radical (unpaired) electrons. The van der Waals surface area contributed by atoms with Crippen LogP contribution >= 0.6 is 15.9 Å². The number of aromatic nitrogens is 3. The van der Waals surface area contributed by atoms with Gasteiger partial charge in [0.15, 0.2) is 0 Å². The van der Waals surface area contributed by atoms with Crippen LogP contribution in [0, 0.1) is 5.92 Å². The maximum atomic E-state index is 13.0. The molecule has 2 saturated heterocycles. The highest BCUT2D eigenvalue weighted by Crippen LogP contribution is 2.28. The molecule has 0 N–H and O–H groups in total. The molecule has 33 heavy (non-hydrogen) atoms. The third-order valence-electron chi connectivity index (χ3n) is 6.15. The van der Waals surface area contributed by atoms with Crippen molar-refractivity contribution < 1.29 is 19.1 Å². The van der Waals surface area contributed by atoms with Gasteiger partial charge in [-0.1, -0.05) is 22.0 Å². The molecule has 2 atom stereocenters. The van der Waals surface area contributed by atoms with Gasteiger partial charge >= 0.3 is 0 Å². The molecule has 2 aliphatic rings. The zero-order valence-electron chi connectivity index (χ0n) is 18.6. The molecule has 3 heterocycles. The van der Waals surface area contributed by atoms with Gasteiger partial charge in [0, 0.05) is 62.4 Å². The van der Waals surface area contributed by atoms with Crippen molar-refractivity contribution in [1.29, 1.82) is 0 Å². The number of amides is 2. The second-order valence-electron chi connectivity index (χ2n) is 8.46. The van der Waals surface area contributed by atoms with E-state index in [0.29, 0.717) is 71.6 Å². The first-order chi connectivity index (χ1) is 16.1. The van der Waals surface area contributed by atoms with Crippen molar-refractivity contribution in [2.75, 3.05) is 39.4 Å². The smallest absolute Gasteiger partial charge is 0.223 e. The predicted octanol–water partition coefficient (Wildman–Crippen LogP) is 2.37. The Hall–Kier alpha value is -2.46. The maximum Gasteiger partial charge on any atom is 0.223 e. The first-order valence-corrected chi connectivity index (χ1v) is 12.3. The molecule has 0 bridgehead atoms. The van der Waals surface area contributed by atoms with Crippen molar-refractivity contribution in [3.63, 3.8) is 0 Å². The van der Waals surface area contributed by atoms with Gasteiger partial charge in [-0.25, -0.2) is 4.98 Å². The summed E-state index contributed by atoms with van der Waals surface area (Å²) in [6.45, 7) is 4.20. The zero-order valence-corrected chi connectivity index (χ0v) is 20.2. The number of morpholine rings is 1. The number of likely N-dealkylation sites (tertiary alicyclic amines) is 1. The summed E-state index contributed by atoms with van der Waals surface area (Å²) in [5, 5.41) is 4.08. The summed E-state index contributed by atoms with van der Waals surface area (Å²) in [5.74, 6) is 0.921. The van der Waals surface area contributed by atoms with E-state index in [9.17, 15) is 9.59 Å². The molecule has 178 valence electrons. The summed E-state index contributed by atoms with van der Waals surface area (Å²) in [4.78, 5) is 33.6. The van der Waals surface area contributed by atoms with E-state index < -0.39 is 0 Å². The third kappa shape index (κ3) is 6.77. The van der Waals surface area contributed by atoms with Gasteiger partial charge in [0.1, 0.15) is 24.5 Å². The second-order valence-corrected chi connectivity index (χ2v) is 9.38. The number of carbonyl (C=O) groups excluding carboxylic acids is 2. The Bertz CT molecular complexity index is 919. The standard InChI is InChI=1S/C23H30BrN5O4/c24-19-3-1-4-20(14-19)33-21-6-8-28(22(30)5-2-7-29-17-25-16-26-29)15-18(21)13-23(31)27-9-11-32-12-10-27/h1,3-4,14,16-18,21H,2,5-13,15H2/t18-,21-/m0/s1. The average Bonchev–Trinajstić information content (AvgIpc) is 3.34. The molecule has 1 aromatic carbocycles. The molecule has 4 rings (SSSR count). The van der Waals surface area contributed by atoms with E-state index in [1.165, 1.54) is 6.33 Å². The molecule has 2 aromatic rings. The third-order valence-corrected chi connectivity index (χ3v) is 6.64. The Morgan fingerprint density at radius 3 is 2.76 bits per heavy atom. The molecule has 0 saturated carbocycles. The first kappa shape index (κ1) is 23.7. The van der Waals surface area contributed by atoms with E-state index in [4.69, 9.17) is 9.47 Å². The molecule has 2 fully saturated rings. The van der Waals surface area contributed by atoms with Crippen molar-refractivity contribution in [2.24, 2.45) is 5.92 Å². The topological polar surface area (TPSA) is 89.8 Å². The van der Waals surface area contributed by atoms with Crippen LogP contribution in [0.1, 0.15) is 25.7 Å². The normalized spacial score (nSPS) is 21.1. The largest absolute Gasteiger partial charge is 0.490 e. The summed E-state index contributed by atoms with van der Waals surface area (Å²) < 4.78 is 14.4. The summed E-state index contributed by atoms with van der Waals surface area (Å²) >= 11 is 3.49. The van der Waals surface area contributed by atoms with Gasteiger partial charge in [-0.05, 0) is 24.6 Å². The summed E-state index contributed by atoms with van der Waals surface area (Å²) in [5.41, 5.74) is 0. The van der Waals surface area contributed by atoms with E-state index >= 15 is 0 Å². The lowest BCUT2D eigenvalue weighted by Crippen LogP contribution is -2.50. The fourth-order valence-corrected chi connectivity index (χ4v) is 4.75. The molecule has 0 aliphatic carbocycles. The summed E-state index contributed by atoms with van der Waals surface area (Å²) in [7, 11) is 0. The highest BCUT2D eigenvalue weighted by Gasteiger charge is 2.35. The predicted molar refractivity (Wildman–Crippen MR) is 125 cm³/mol. The molecule has 2 aliphatic heterocycles. The number of aryl methyl sites for hydroxylation is 1. The molecule has 2 amide bonds. The molecule has 0 spiro atoms. The zero-order chi connectivity index (χ0) is 23.0. The van der Waals surface area contributed by atoms with E-state index in [0.717, 1.165) is 10.2 Å². The van der Waals surface area contributed by atoms with Gasteiger partial charge in [-0.2, -0.15) is 5.10 Å². The molecule has 10 heteroatoms. The van der Waals surface area contributed by atoms with Crippen molar-refractivity contribution >= 4 is 27.7 Å². The quantitative estimate of drug-likeness (QED) is 0.531. The van der Waals surface area contributed by atoms with Crippen molar-refractivity contribution in [1.82, 2.24) is 24.6 Å². The molecule has 1 aromatic heterocycles. The van der Waals surface area contributed by atoms with Crippen LogP contribution in [0.25, 0.3) is 0 Å². The molecule has 9 nitrogen and oxygen atoms in total. The number of carbonyl (C=O) groups is 2. The number of piperidine rings is 1. The number of halogens is 1. The minimum Gasteiger partial charge on any atom is -0.490 e. The fraction of sp³-hybridized carbons (Fsp3) is 0.565. The van der Waals surface area contributed by atoms with Crippen LogP contribution in [0.2, 0.25) is 0 Å². The van der Waals surface area contributed by atoms with E-state index in [1.807, 2.05) is 34.1 Å².